The van der Waals surface area contributed by atoms with Gasteiger partial charge in [0, 0.05) is 56.7 Å². The number of piperidine rings is 1. The van der Waals surface area contributed by atoms with Crippen molar-refractivity contribution in [2.24, 2.45) is 11.8 Å². The number of amides is 3. The van der Waals surface area contributed by atoms with Crippen LogP contribution in [0.4, 0.5) is 0 Å². The molecule has 1 aromatic rings. The minimum atomic E-state index is -0.0251. The summed E-state index contributed by atoms with van der Waals surface area (Å²) in [6.45, 7) is 3.60. The lowest BCUT2D eigenvalue weighted by molar-refractivity contribution is -0.142. The van der Waals surface area contributed by atoms with Crippen LogP contribution in [0.3, 0.4) is 0 Å². The topological polar surface area (TPSA) is 70.2 Å². The molecule has 2 heterocycles. The van der Waals surface area contributed by atoms with E-state index in [0.717, 1.165) is 25.7 Å². The number of piperazine rings is 1. The lowest BCUT2D eigenvalue weighted by atomic mass is 9.94. The van der Waals surface area contributed by atoms with Gasteiger partial charge in [-0.25, -0.2) is 0 Å². The van der Waals surface area contributed by atoms with Crippen LogP contribution in [0.1, 0.15) is 36.0 Å². The first-order valence-electron chi connectivity index (χ1n) is 10.6. The summed E-state index contributed by atoms with van der Waals surface area (Å²) < 4.78 is 5.20. The molecule has 0 N–H and O–H groups in total. The lowest BCUT2D eigenvalue weighted by Crippen LogP contribution is -2.53. The smallest absolute Gasteiger partial charge is 0.254 e. The fourth-order valence-corrected chi connectivity index (χ4v) is 4.26. The molecular weight excluding hydrogens is 370 g/mol. The summed E-state index contributed by atoms with van der Waals surface area (Å²) in [7, 11) is 1.58. The zero-order valence-electron chi connectivity index (χ0n) is 17.0. The predicted octanol–water partition coefficient (Wildman–Crippen LogP) is 1.63. The van der Waals surface area contributed by atoms with Crippen LogP contribution in [0.2, 0.25) is 0 Å². The number of rotatable bonds is 4. The number of hydrogen-bond donors (Lipinski definition) is 0. The van der Waals surface area contributed by atoms with Crippen molar-refractivity contribution in [1.82, 2.24) is 14.7 Å². The zero-order valence-corrected chi connectivity index (χ0v) is 17.0. The van der Waals surface area contributed by atoms with Crippen molar-refractivity contribution in [2.45, 2.75) is 25.7 Å². The summed E-state index contributed by atoms with van der Waals surface area (Å²) in [5, 5.41) is 0. The summed E-state index contributed by atoms with van der Waals surface area (Å²) in [5.74, 6) is 1.34. The Morgan fingerprint density at radius 3 is 1.93 bits per heavy atom. The van der Waals surface area contributed by atoms with Crippen molar-refractivity contribution in [3.8, 4) is 5.75 Å². The van der Waals surface area contributed by atoms with Gasteiger partial charge in [-0.15, -0.1) is 0 Å². The Morgan fingerprint density at radius 2 is 1.34 bits per heavy atom. The number of methoxy groups -OCH3 is 1. The molecule has 2 aliphatic heterocycles. The fraction of sp³-hybridized carbons (Fsp3) is 0.591. The van der Waals surface area contributed by atoms with E-state index in [-0.39, 0.29) is 29.6 Å². The summed E-state index contributed by atoms with van der Waals surface area (Å²) >= 11 is 0. The number of carbonyl (C=O) groups is 3. The Bertz CT molecular complexity index is 776. The molecular formula is C22H29N3O4. The second-order valence-electron chi connectivity index (χ2n) is 8.22. The van der Waals surface area contributed by atoms with Crippen molar-refractivity contribution < 1.29 is 19.1 Å². The summed E-state index contributed by atoms with van der Waals surface area (Å²) in [4.78, 5) is 43.5. The van der Waals surface area contributed by atoms with Crippen molar-refractivity contribution in [3.63, 3.8) is 0 Å². The molecule has 7 nitrogen and oxygen atoms in total. The maximum absolute atomic E-state index is 12.9. The van der Waals surface area contributed by atoms with E-state index in [1.807, 2.05) is 21.9 Å². The lowest BCUT2D eigenvalue weighted by Gasteiger charge is -2.38. The highest BCUT2D eigenvalue weighted by Crippen LogP contribution is 2.32. The molecule has 0 bridgehead atoms. The number of ether oxygens (including phenoxy) is 1. The molecule has 29 heavy (non-hydrogen) atoms. The van der Waals surface area contributed by atoms with Gasteiger partial charge < -0.3 is 19.4 Å². The highest BCUT2D eigenvalue weighted by molar-refractivity contribution is 5.94. The molecule has 0 spiro atoms. The summed E-state index contributed by atoms with van der Waals surface area (Å²) in [6.07, 6.45) is 3.55. The van der Waals surface area contributed by atoms with Crippen LogP contribution in [0.25, 0.3) is 0 Å². The van der Waals surface area contributed by atoms with E-state index in [2.05, 4.69) is 0 Å². The Labute approximate surface area is 171 Å². The second kappa shape index (κ2) is 8.43. The fourth-order valence-electron chi connectivity index (χ4n) is 4.26. The van der Waals surface area contributed by atoms with Crippen LogP contribution in [0, 0.1) is 11.8 Å². The van der Waals surface area contributed by atoms with E-state index in [0.29, 0.717) is 50.6 Å². The SMILES string of the molecule is COc1cccc(C(=O)N2CCN(C(=O)C3CCN(C(=O)C4CC4)CC3)CC2)c1. The molecule has 3 amide bonds. The first kappa shape index (κ1) is 19.7. The Morgan fingerprint density at radius 1 is 0.793 bits per heavy atom. The molecule has 1 aliphatic carbocycles. The van der Waals surface area contributed by atoms with Gasteiger partial charge in [0.05, 0.1) is 7.11 Å². The predicted molar refractivity (Wildman–Crippen MR) is 108 cm³/mol. The van der Waals surface area contributed by atoms with E-state index in [1.54, 1.807) is 24.1 Å². The third-order valence-electron chi connectivity index (χ3n) is 6.28. The summed E-state index contributed by atoms with van der Waals surface area (Å²) in [6, 6.07) is 7.17. The average Bonchev–Trinajstić information content (AvgIpc) is 3.63. The molecule has 3 aliphatic rings. The summed E-state index contributed by atoms with van der Waals surface area (Å²) in [5.41, 5.74) is 0.608. The van der Waals surface area contributed by atoms with Gasteiger partial charge in [0.15, 0.2) is 0 Å². The molecule has 3 fully saturated rings. The van der Waals surface area contributed by atoms with Crippen molar-refractivity contribution >= 4 is 17.7 Å². The van der Waals surface area contributed by atoms with Crippen molar-refractivity contribution in [1.29, 1.82) is 0 Å². The Kier molecular flexibility index (Phi) is 5.74. The van der Waals surface area contributed by atoms with Crippen LogP contribution in [-0.2, 0) is 9.59 Å². The molecule has 0 atom stereocenters. The van der Waals surface area contributed by atoms with Gasteiger partial charge in [0.1, 0.15) is 5.75 Å². The maximum Gasteiger partial charge on any atom is 0.254 e. The maximum atomic E-state index is 12.9. The van der Waals surface area contributed by atoms with Crippen LogP contribution >= 0.6 is 0 Å². The molecule has 2 saturated heterocycles. The molecule has 0 aromatic heterocycles. The van der Waals surface area contributed by atoms with E-state index in [9.17, 15) is 14.4 Å². The third-order valence-corrected chi connectivity index (χ3v) is 6.28. The van der Waals surface area contributed by atoms with Gasteiger partial charge in [-0.2, -0.15) is 0 Å². The normalized spacial score (nSPS) is 20.5. The number of hydrogen-bond acceptors (Lipinski definition) is 4. The minimum absolute atomic E-state index is 0.00103. The third kappa shape index (κ3) is 4.38. The number of carbonyl (C=O) groups excluding carboxylic acids is 3. The zero-order chi connectivity index (χ0) is 20.4. The van der Waals surface area contributed by atoms with E-state index in [4.69, 9.17) is 4.74 Å². The monoisotopic (exact) mass is 399 g/mol. The molecule has 4 rings (SSSR count). The molecule has 1 saturated carbocycles. The van der Waals surface area contributed by atoms with Crippen LogP contribution < -0.4 is 4.74 Å². The first-order valence-corrected chi connectivity index (χ1v) is 10.6. The van der Waals surface area contributed by atoms with Crippen LogP contribution in [0.15, 0.2) is 24.3 Å². The van der Waals surface area contributed by atoms with E-state index >= 15 is 0 Å². The Balaban J connectivity index is 1.26. The Hall–Kier alpha value is -2.57. The van der Waals surface area contributed by atoms with Crippen LogP contribution in [-0.4, -0.2) is 78.8 Å². The minimum Gasteiger partial charge on any atom is -0.497 e. The quantitative estimate of drug-likeness (QED) is 0.772. The van der Waals surface area contributed by atoms with E-state index in [1.165, 1.54) is 0 Å². The number of nitrogens with zero attached hydrogens (tertiary/aromatic N) is 3. The van der Waals surface area contributed by atoms with Gasteiger partial charge in [-0.05, 0) is 43.9 Å². The second-order valence-corrected chi connectivity index (χ2v) is 8.22. The largest absolute Gasteiger partial charge is 0.497 e. The number of likely N-dealkylation sites (tertiary alicyclic amines) is 1. The number of benzene rings is 1. The molecule has 1 aromatic carbocycles. The molecule has 7 heteroatoms. The van der Waals surface area contributed by atoms with Gasteiger partial charge in [-0.3, -0.25) is 14.4 Å². The highest BCUT2D eigenvalue weighted by atomic mass is 16.5. The molecule has 0 unspecified atom stereocenters. The van der Waals surface area contributed by atoms with Gasteiger partial charge >= 0.3 is 0 Å². The van der Waals surface area contributed by atoms with E-state index < -0.39 is 0 Å². The highest BCUT2D eigenvalue weighted by Gasteiger charge is 2.37. The van der Waals surface area contributed by atoms with Crippen LogP contribution in [0.5, 0.6) is 5.75 Å². The first-order chi connectivity index (χ1) is 14.1. The van der Waals surface area contributed by atoms with Crippen molar-refractivity contribution in [3.05, 3.63) is 29.8 Å². The van der Waals surface area contributed by atoms with Crippen molar-refractivity contribution in [2.75, 3.05) is 46.4 Å². The van der Waals surface area contributed by atoms with Gasteiger partial charge in [0.2, 0.25) is 11.8 Å². The molecule has 0 radical (unpaired) electrons. The average molecular weight is 399 g/mol. The standard InChI is InChI=1S/C22H29N3O4/c1-29-19-4-2-3-18(15-19)22(28)25-13-11-24(12-14-25)21(27)17-7-9-23(10-8-17)20(26)16-5-6-16/h2-4,15-17H,5-14H2,1H3. The van der Waals surface area contributed by atoms with Gasteiger partial charge in [0.25, 0.3) is 5.91 Å². The van der Waals surface area contributed by atoms with Gasteiger partial charge in [-0.1, -0.05) is 6.07 Å². The molecule has 156 valence electrons.